The molecule has 0 amide bonds. The van der Waals surface area contributed by atoms with Gasteiger partial charge < -0.3 is 14.8 Å². The van der Waals surface area contributed by atoms with Crippen LogP contribution in [0.1, 0.15) is 27.9 Å². The Kier molecular flexibility index (Phi) is 2.11. The maximum Gasteiger partial charge on any atom is 0.358 e. The van der Waals surface area contributed by atoms with E-state index in [2.05, 4.69) is 10.3 Å². The summed E-state index contributed by atoms with van der Waals surface area (Å²) < 4.78 is 5.19. The van der Waals surface area contributed by atoms with Gasteiger partial charge in [0, 0.05) is 12.1 Å². The number of fused-ring (bicyclic) bond motifs is 1. The van der Waals surface area contributed by atoms with E-state index in [4.69, 9.17) is 9.52 Å². The zero-order chi connectivity index (χ0) is 11.8. The SMILES string of the molecule is O=C(O)c1ncoc1[C@@H]1Cc2ccccc2N1. The molecule has 0 bridgehead atoms. The Morgan fingerprint density at radius 3 is 3.06 bits per heavy atom. The Hall–Kier alpha value is -2.30. The lowest BCUT2D eigenvalue weighted by atomic mass is 10.1. The zero-order valence-corrected chi connectivity index (χ0v) is 8.88. The van der Waals surface area contributed by atoms with Crippen molar-refractivity contribution in [3.8, 4) is 0 Å². The molecule has 0 fully saturated rings. The molecule has 2 N–H and O–H groups in total. The minimum Gasteiger partial charge on any atom is -0.476 e. The molecule has 17 heavy (non-hydrogen) atoms. The van der Waals surface area contributed by atoms with Crippen LogP contribution in [-0.2, 0) is 6.42 Å². The second kappa shape index (κ2) is 3.62. The smallest absolute Gasteiger partial charge is 0.358 e. The number of aromatic nitrogens is 1. The van der Waals surface area contributed by atoms with Gasteiger partial charge in [0.2, 0.25) is 0 Å². The molecule has 5 heteroatoms. The lowest BCUT2D eigenvalue weighted by Crippen LogP contribution is -2.10. The van der Waals surface area contributed by atoms with Gasteiger partial charge in [-0.2, -0.15) is 0 Å². The molecule has 1 aromatic carbocycles. The summed E-state index contributed by atoms with van der Waals surface area (Å²) >= 11 is 0. The molecule has 1 aromatic heterocycles. The van der Waals surface area contributed by atoms with E-state index in [9.17, 15) is 4.79 Å². The summed E-state index contributed by atoms with van der Waals surface area (Å²) in [5, 5.41) is 12.2. The number of nitrogens with zero attached hydrogens (tertiary/aromatic N) is 1. The molecular weight excluding hydrogens is 220 g/mol. The number of anilines is 1. The Bertz CT molecular complexity index is 552. The van der Waals surface area contributed by atoms with Crippen molar-refractivity contribution in [3.05, 3.63) is 47.7 Å². The van der Waals surface area contributed by atoms with E-state index in [1.165, 1.54) is 6.39 Å². The van der Waals surface area contributed by atoms with Crippen molar-refractivity contribution in [1.29, 1.82) is 0 Å². The minimum absolute atomic E-state index is 0.0182. The molecule has 2 aromatic rings. The van der Waals surface area contributed by atoms with Gasteiger partial charge in [-0.3, -0.25) is 0 Å². The van der Waals surface area contributed by atoms with Crippen LogP contribution in [0.15, 0.2) is 35.1 Å². The van der Waals surface area contributed by atoms with E-state index >= 15 is 0 Å². The number of oxazole rings is 1. The highest BCUT2D eigenvalue weighted by molar-refractivity contribution is 5.86. The quantitative estimate of drug-likeness (QED) is 0.826. The Morgan fingerprint density at radius 2 is 2.29 bits per heavy atom. The number of carbonyl (C=O) groups is 1. The molecule has 86 valence electrons. The third-order valence-electron chi connectivity index (χ3n) is 2.89. The molecule has 1 atom stereocenters. The van der Waals surface area contributed by atoms with Crippen LogP contribution in [0, 0.1) is 0 Å². The first-order valence-corrected chi connectivity index (χ1v) is 5.27. The van der Waals surface area contributed by atoms with E-state index in [1.54, 1.807) is 0 Å². The Labute approximate surface area is 97.1 Å². The topological polar surface area (TPSA) is 75.4 Å². The number of carboxylic acid groups (broad SMARTS) is 1. The summed E-state index contributed by atoms with van der Waals surface area (Å²) in [6.45, 7) is 0. The average Bonchev–Trinajstić information content (AvgIpc) is 2.95. The van der Waals surface area contributed by atoms with Crippen molar-refractivity contribution in [2.45, 2.75) is 12.5 Å². The highest BCUT2D eigenvalue weighted by Crippen LogP contribution is 2.34. The van der Waals surface area contributed by atoms with Gasteiger partial charge >= 0.3 is 5.97 Å². The number of benzene rings is 1. The van der Waals surface area contributed by atoms with Crippen molar-refractivity contribution < 1.29 is 14.3 Å². The molecular formula is C12H10N2O3. The van der Waals surface area contributed by atoms with Crippen molar-refractivity contribution in [3.63, 3.8) is 0 Å². The van der Waals surface area contributed by atoms with Crippen LogP contribution in [-0.4, -0.2) is 16.1 Å². The summed E-state index contributed by atoms with van der Waals surface area (Å²) in [6.07, 6.45) is 1.88. The van der Waals surface area contributed by atoms with Crippen LogP contribution < -0.4 is 5.32 Å². The van der Waals surface area contributed by atoms with Crippen molar-refractivity contribution in [1.82, 2.24) is 4.98 Å². The van der Waals surface area contributed by atoms with Gasteiger partial charge in [0.25, 0.3) is 0 Å². The molecule has 0 aliphatic carbocycles. The normalized spacial score (nSPS) is 17.5. The van der Waals surface area contributed by atoms with E-state index in [1.807, 2.05) is 24.3 Å². The highest BCUT2D eigenvalue weighted by Gasteiger charge is 2.29. The number of para-hydroxylation sites is 1. The standard InChI is InChI=1S/C12H10N2O3/c15-12(16)10-11(17-6-13-10)9-5-7-3-1-2-4-8(7)14-9/h1-4,6,9,14H,5H2,(H,15,16)/t9-/m0/s1. The van der Waals surface area contributed by atoms with Gasteiger partial charge in [-0.15, -0.1) is 0 Å². The van der Waals surface area contributed by atoms with Crippen molar-refractivity contribution >= 4 is 11.7 Å². The summed E-state index contributed by atoms with van der Waals surface area (Å²) in [7, 11) is 0. The molecule has 0 saturated heterocycles. The molecule has 5 nitrogen and oxygen atoms in total. The lowest BCUT2D eigenvalue weighted by molar-refractivity contribution is 0.0688. The summed E-state index contributed by atoms with van der Waals surface area (Å²) in [5.41, 5.74) is 2.16. The minimum atomic E-state index is -1.06. The molecule has 0 saturated carbocycles. The Balaban J connectivity index is 1.94. The summed E-state index contributed by atoms with van der Waals surface area (Å²) in [6, 6.07) is 7.72. The maximum absolute atomic E-state index is 11.0. The van der Waals surface area contributed by atoms with Crippen molar-refractivity contribution in [2.75, 3.05) is 5.32 Å². The van der Waals surface area contributed by atoms with E-state index in [0.29, 0.717) is 12.2 Å². The van der Waals surface area contributed by atoms with Crippen LogP contribution in [0.3, 0.4) is 0 Å². The predicted molar refractivity (Wildman–Crippen MR) is 60.0 cm³/mol. The fraction of sp³-hybridized carbons (Fsp3) is 0.167. The fourth-order valence-corrected chi connectivity index (χ4v) is 2.12. The van der Waals surface area contributed by atoms with Gasteiger partial charge in [-0.05, 0) is 11.6 Å². The van der Waals surface area contributed by atoms with Crippen molar-refractivity contribution in [2.24, 2.45) is 0 Å². The van der Waals surface area contributed by atoms with E-state index in [0.717, 1.165) is 11.3 Å². The van der Waals surface area contributed by atoms with Gasteiger partial charge in [-0.25, -0.2) is 9.78 Å². The highest BCUT2D eigenvalue weighted by atomic mass is 16.4. The fourth-order valence-electron chi connectivity index (χ4n) is 2.12. The van der Waals surface area contributed by atoms with Crippen LogP contribution in [0.25, 0.3) is 0 Å². The second-order valence-corrected chi connectivity index (χ2v) is 3.93. The van der Waals surface area contributed by atoms with Gasteiger partial charge in [0.05, 0.1) is 6.04 Å². The van der Waals surface area contributed by atoms with Gasteiger partial charge in [-0.1, -0.05) is 18.2 Å². The largest absolute Gasteiger partial charge is 0.476 e. The molecule has 0 spiro atoms. The number of rotatable bonds is 2. The Morgan fingerprint density at radius 1 is 1.47 bits per heavy atom. The molecule has 1 aliphatic heterocycles. The monoisotopic (exact) mass is 230 g/mol. The molecule has 3 rings (SSSR count). The summed E-state index contributed by atoms with van der Waals surface area (Å²) in [4.78, 5) is 14.7. The molecule has 2 heterocycles. The zero-order valence-electron chi connectivity index (χ0n) is 8.88. The van der Waals surface area contributed by atoms with E-state index < -0.39 is 5.97 Å². The number of carboxylic acids is 1. The van der Waals surface area contributed by atoms with Crippen LogP contribution in [0.2, 0.25) is 0 Å². The third kappa shape index (κ3) is 1.56. The number of hydrogen-bond acceptors (Lipinski definition) is 4. The van der Waals surface area contributed by atoms with Crippen LogP contribution >= 0.6 is 0 Å². The molecule has 0 radical (unpaired) electrons. The second-order valence-electron chi connectivity index (χ2n) is 3.93. The van der Waals surface area contributed by atoms with Gasteiger partial charge in [0.1, 0.15) is 0 Å². The molecule has 1 aliphatic rings. The van der Waals surface area contributed by atoms with Crippen LogP contribution in [0.4, 0.5) is 5.69 Å². The number of hydrogen-bond donors (Lipinski definition) is 2. The first kappa shape index (κ1) is 9.89. The third-order valence-corrected chi connectivity index (χ3v) is 2.89. The van der Waals surface area contributed by atoms with Gasteiger partial charge in [0.15, 0.2) is 17.8 Å². The predicted octanol–water partition coefficient (Wildman–Crippen LogP) is 2.08. The lowest BCUT2D eigenvalue weighted by Gasteiger charge is -2.07. The first-order valence-electron chi connectivity index (χ1n) is 5.27. The maximum atomic E-state index is 11.0. The number of aromatic carboxylic acids is 1. The van der Waals surface area contributed by atoms with E-state index in [-0.39, 0.29) is 11.7 Å². The van der Waals surface area contributed by atoms with Crippen LogP contribution in [0.5, 0.6) is 0 Å². The molecule has 0 unspecified atom stereocenters. The summed E-state index contributed by atoms with van der Waals surface area (Å²) in [5.74, 6) is -0.680. The average molecular weight is 230 g/mol. The first-order chi connectivity index (χ1) is 8.25. The number of nitrogens with one attached hydrogen (secondary N) is 1.